The number of benzene rings is 2. The molecule has 0 fully saturated rings. The van der Waals surface area contributed by atoms with E-state index in [1.54, 1.807) is 6.07 Å². The summed E-state index contributed by atoms with van der Waals surface area (Å²) in [4.78, 5) is 13.4. The van der Waals surface area contributed by atoms with Crippen molar-refractivity contribution in [1.29, 1.82) is 0 Å². The highest BCUT2D eigenvalue weighted by Crippen LogP contribution is 2.15. The van der Waals surface area contributed by atoms with Gasteiger partial charge in [-0.05, 0) is 54.9 Å². The number of primary amides is 1. The summed E-state index contributed by atoms with van der Waals surface area (Å²) in [7, 11) is 2.07. The highest BCUT2D eigenvalue weighted by molar-refractivity contribution is 5.93. The first-order valence-corrected chi connectivity index (χ1v) is 6.88. The van der Waals surface area contributed by atoms with Crippen LogP contribution in [-0.4, -0.2) is 17.9 Å². The van der Waals surface area contributed by atoms with E-state index in [-0.39, 0.29) is 5.91 Å². The number of aryl methyl sites for hydroxylation is 1. The van der Waals surface area contributed by atoms with Gasteiger partial charge in [-0.25, -0.2) is 0 Å². The quantitative estimate of drug-likeness (QED) is 0.827. The van der Waals surface area contributed by atoms with Crippen LogP contribution in [0.15, 0.2) is 42.5 Å². The fraction of sp³-hybridized carbons (Fsp3) is 0.235. The predicted molar refractivity (Wildman–Crippen MR) is 85.7 cm³/mol. The van der Waals surface area contributed by atoms with Gasteiger partial charge in [0.05, 0.1) is 0 Å². The molecule has 0 spiro atoms. The molecule has 0 bridgehead atoms. The molecule has 0 aliphatic carbocycles. The molecule has 0 aromatic heterocycles. The molecule has 2 aromatic carbocycles. The van der Waals surface area contributed by atoms with E-state index in [4.69, 9.17) is 11.5 Å². The zero-order valence-corrected chi connectivity index (χ0v) is 12.5. The monoisotopic (exact) mass is 283 g/mol. The van der Waals surface area contributed by atoms with E-state index < -0.39 is 0 Å². The molecular formula is C17H21N3O. The van der Waals surface area contributed by atoms with Crippen LogP contribution < -0.4 is 11.5 Å². The van der Waals surface area contributed by atoms with Crippen molar-refractivity contribution in [3.8, 4) is 0 Å². The third kappa shape index (κ3) is 4.07. The van der Waals surface area contributed by atoms with Gasteiger partial charge in [-0.1, -0.05) is 18.2 Å². The van der Waals surface area contributed by atoms with E-state index in [1.165, 1.54) is 11.1 Å². The lowest BCUT2D eigenvalue weighted by Crippen LogP contribution is -2.18. The Labute approximate surface area is 125 Å². The summed E-state index contributed by atoms with van der Waals surface area (Å²) >= 11 is 0. The topological polar surface area (TPSA) is 72.4 Å². The Balaban J connectivity index is 2.04. The molecule has 0 heterocycles. The fourth-order valence-corrected chi connectivity index (χ4v) is 2.31. The maximum atomic E-state index is 11.2. The van der Waals surface area contributed by atoms with Gasteiger partial charge in [-0.3, -0.25) is 9.69 Å². The van der Waals surface area contributed by atoms with E-state index in [2.05, 4.69) is 11.9 Å². The zero-order chi connectivity index (χ0) is 15.4. The summed E-state index contributed by atoms with van der Waals surface area (Å²) in [6.07, 6.45) is 0. The van der Waals surface area contributed by atoms with Crippen LogP contribution in [0, 0.1) is 6.92 Å². The SMILES string of the molecule is Cc1cc(C(N)=O)ccc1CN(C)Cc1ccc(N)cc1. The lowest BCUT2D eigenvalue weighted by atomic mass is 10.0. The molecule has 0 saturated heterocycles. The maximum Gasteiger partial charge on any atom is 0.248 e. The van der Waals surface area contributed by atoms with Crippen LogP contribution in [0.1, 0.15) is 27.0 Å². The number of rotatable bonds is 5. The number of anilines is 1. The van der Waals surface area contributed by atoms with Crippen LogP contribution in [-0.2, 0) is 13.1 Å². The molecule has 4 nitrogen and oxygen atoms in total. The minimum Gasteiger partial charge on any atom is -0.399 e. The second kappa shape index (κ2) is 6.41. The van der Waals surface area contributed by atoms with Crippen LogP contribution in [0.3, 0.4) is 0 Å². The third-order valence-electron chi connectivity index (χ3n) is 3.50. The molecule has 21 heavy (non-hydrogen) atoms. The largest absolute Gasteiger partial charge is 0.399 e. The predicted octanol–water partition coefficient (Wildman–Crippen LogP) is 2.31. The second-order valence-electron chi connectivity index (χ2n) is 5.42. The number of hydrogen-bond donors (Lipinski definition) is 2. The van der Waals surface area contributed by atoms with E-state index >= 15 is 0 Å². The van der Waals surface area contributed by atoms with Gasteiger partial charge in [0.25, 0.3) is 0 Å². The van der Waals surface area contributed by atoms with E-state index in [0.717, 1.165) is 24.3 Å². The van der Waals surface area contributed by atoms with Gasteiger partial charge >= 0.3 is 0 Å². The Hall–Kier alpha value is -2.33. The van der Waals surface area contributed by atoms with Gasteiger partial charge in [-0.15, -0.1) is 0 Å². The molecule has 0 saturated carbocycles. The molecule has 110 valence electrons. The van der Waals surface area contributed by atoms with Gasteiger partial charge < -0.3 is 11.5 Å². The van der Waals surface area contributed by atoms with Crippen LogP contribution >= 0.6 is 0 Å². The number of nitrogen functional groups attached to an aromatic ring is 1. The zero-order valence-electron chi connectivity index (χ0n) is 12.5. The summed E-state index contributed by atoms with van der Waals surface area (Å²) in [6, 6.07) is 13.5. The van der Waals surface area contributed by atoms with Crippen molar-refractivity contribution in [3.63, 3.8) is 0 Å². The standard InChI is InChI=1S/C17H21N3O/c1-12-9-14(17(19)21)5-6-15(12)11-20(2)10-13-3-7-16(18)8-4-13/h3-9H,10-11,18H2,1-2H3,(H2,19,21). The Morgan fingerprint density at radius 2 is 1.76 bits per heavy atom. The first-order chi connectivity index (χ1) is 9.95. The molecule has 0 unspecified atom stereocenters. The highest BCUT2D eigenvalue weighted by Gasteiger charge is 2.07. The highest BCUT2D eigenvalue weighted by atomic mass is 16.1. The van der Waals surface area contributed by atoms with E-state index in [0.29, 0.717) is 5.56 Å². The average Bonchev–Trinajstić information content (AvgIpc) is 2.43. The van der Waals surface area contributed by atoms with Gasteiger partial charge in [0.2, 0.25) is 5.91 Å². The normalized spacial score (nSPS) is 10.8. The number of carbonyl (C=O) groups excluding carboxylic acids is 1. The van der Waals surface area contributed by atoms with Gasteiger partial charge in [-0.2, -0.15) is 0 Å². The first kappa shape index (κ1) is 15.1. The molecule has 0 aliphatic heterocycles. The molecule has 0 radical (unpaired) electrons. The Morgan fingerprint density at radius 1 is 1.10 bits per heavy atom. The van der Waals surface area contributed by atoms with Crippen molar-refractivity contribution in [2.24, 2.45) is 5.73 Å². The van der Waals surface area contributed by atoms with E-state index in [1.807, 2.05) is 43.3 Å². The molecule has 2 rings (SSSR count). The van der Waals surface area contributed by atoms with Gasteiger partial charge in [0, 0.05) is 24.3 Å². The molecule has 0 atom stereocenters. The second-order valence-corrected chi connectivity index (χ2v) is 5.42. The molecular weight excluding hydrogens is 262 g/mol. The third-order valence-corrected chi connectivity index (χ3v) is 3.50. The van der Waals surface area contributed by atoms with E-state index in [9.17, 15) is 4.79 Å². The molecule has 4 N–H and O–H groups in total. The Kier molecular flexibility index (Phi) is 4.60. The summed E-state index contributed by atoms with van der Waals surface area (Å²) in [5, 5.41) is 0. The number of amides is 1. The minimum atomic E-state index is -0.389. The van der Waals surface area contributed by atoms with Crippen molar-refractivity contribution in [2.45, 2.75) is 20.0 Å². The Bertz CT molecular complexity index is 635. The minimum absolute atomic E-state index is 0.389. The number of hydrogen-bond acceptors (Lipinski definition) is 3. The van der Waals surface area contributed by atoms with Crippen molar-refractivity contribution in [1.82, 2.24) is 4.90 Å². The van der Waals surface area contributed by atoms with Crippen molar-refractivity contribution in [2.75, 3.05) is 12.8 Å². The lowest BCUT2D eigenvalue weighted by Gasteiger charge is -2.18. The van der Waals surface area contributed by atoms with Crippen LogP contribution in [0.2, 0.25) is 0 Å². The summed E-state index contributed by atoms with van der Waals surface area (Å²) in [6.45, 7) is 3.66. The number of carbonyl (C=O) groups is 1. The van der Waals surface area contributed by atoms with Crippen LogP contribution in [0.4, 0.5) is 5.69 Å². The summed E-state index contributed by atoms with van der Waals surface area (Å²) in [5.74, 6) is -0.389. The number of nitrogens with zero attached hydrogens (tertiary/aromatic N) is 1. The molecule has 1 amide bonds. The molecule has 2 aromatic rings. The average molecular weight is 283 g/mol. The summed E-state index contributed by atoms with van der Waals surface area (Å²) < 4.78 is 0. The van der Waals surface area contributed by atoms with Crippen molar-refractivity contribution in [3.05, 3.63) is 64.7 Å². The smallest absolute Gasteiger partial charge is 0.248 e. The van der Waals surface area contributed by atoms with Crippen LogP contribution in [0.25, 0.3) is 0 Å². The number of nitrogens with two attached hydrogens (primary N) is 2. The summed E-state index contributed by atoms with van der Waals surface area (Å²) in [5.41, 5.74) is 15.8. The van der Waals surface area contributed by atoms with Crippen molar-refractivity contribution < 1.29 is 4.79 Å². The first-order valence-electron chi connectivity index (χ1n) is 6.88. The van der Waals surface area contributed by atoms with Crippen molar-refractivity contribution >= 4 is 11.6 Å². The van der Waals surface area contributed by atoms with Gasteiger partial charge in [0.1, 0.15) is 0 Å². The maximum absolute atomic E-state index is 11.2. The fourth-order valence-electron chi connectivity index (χ4n) is 2.31. The molecule has 4 heteroatoms. The van der Waals surface area contributed by atoms with Gasteiger partial charge in [0.15, 0.2) is 0 Å². The van der Waals surface area contributed by atoms with Crippen LogP contribution in [0.5, 0.6) is 0 Å². The Morgan fingerprint density at radius 3 is 2.33 bits per heavy atom. The molecule has 0 aliphatic rings. The lowest BCUT2D eigenvalue weighted by molar-refractivity contribution is 0.1000.